The fourth-order valence-corrected chi connectivity index (χ4v) is 2.87. The number of urea groups is 2. The summed E-state index contributed by atoms with van der Waals surface area (Å²) in [4.78, 5) is 23.8. The number of benzene rings is 1. The highest BCUT2D eigenvalue weighted by molar-refractivity contribution is 5.89. The van der Waals surface area contributed by atoms with E-state index in [0.29, 0.717) is 18.3 Å². The second-order valence-corrected chi connectivity index (χ2v) is 6.74. The number of rotatable bonds is 6. The van der Waals surface area contributed by atoms with Gasteiger partial charge in [-0.1, -0.05) is 12.1 Å². The van der Waals surface area contributed by atoms with E-state index in [1.165, 1.54) is 0 Å². The van der Waals surface area contributed by atoms with E-state index in [0.717, 1.165) is 37.9 Å². The SMILES string of the molecule is CC(NC(=O)NCc1cccc(NC(=O)NC2CC2)c1)C1CCCO1. The van der Waals surface area contributed by atoms with Gasteiger partial charge in [-0.25, -0.2) is 9.59 Å². The van der Waals surface area contributed by atoms with Gasteiger partial charge in [-0.3, -0.25) is 0 Å². The zero-order valence-electron chi connectivity index (χ0n) is 14.5. The standard InChI is InChI=1S/C18H26N4O3/c1-12(16-6-3-9-25-16)20-17(23)19-11-13-4-2-5-15(10-13)22-18(24)21-14-7-8-14/h2,4-5,10,12,14,16H,3,6-9,11H2,1H3,(H2,19,20,23)(H2,21,22,24). The van der Waals surface area contributed by atoms with Gasteiger partial charge < -0.3 is 26.0 Å². The minimum atomic E-state index is -0.215. The fraction of sp³-hybridized carbons (Fsp3) is 0.556. The Hall–Kier alpha value is -2.28. The molecule has 0 radical (unpaired) electrons. The van der Waals surface area contributed by atoms with Gasteiger partial charge >= 0.3 is 12.1 Å². The van der Waals surface area contributed by atoms with Crippen molar-refractivity contribution in [1.82, 2.24) is 16.0 Å². The van der Waals surface area contributed by atoms with Gasteiger partial charge in [0.2, 0.25) is 0 Å². The lowest BCUT2D eigenvalue weighted by Gasteiger charge is -2.20. The first-order valence-corrected chi connectivity index (χ1v) is 8.92. The molecule has 2 unspecified atom stereocenters. The fourth-order valence-electron chi connectivity index (χ4n) is 2.87. The minimum absolute atomic E-state index is 0.0124. The second kappa shape index (κ2) is 8.20. The summed E-state index contributed by atoms with van der Waals surface area (Å²) >= 11 is 0. The Kier molecular flexibility index (Phi) is 5.75. The predicted octanol–water partition coefficient (Wildman–Crippen LogP) is 2.34. The van der Waals surface area contributed by atoms with Gasteiger partial charge in [-0.15, -0.1) is 0 Å². The first kappa shape index (κ1) is 17.5. The van der Waals surface area contributed by atoms with Crippen LogP contribution in [0.25, 0.3) is 0 Å². The van der Waals surface area contributed by atoms with Crippen molar-refractivity contribution in [3.05, 3.63) is 29.8 Å². The Balaban J connectivity index is 1.43. The smallest absolute Gasteiger partial charge is 0.319 e. The summed E-state index contributed by atoms with van der Waals surface area (Å²) in [5.41, 5.74) is 1.63. The van der Waals surface area contributed by atoms with Crippen molar-refractivity contribution >= 4 is 17.7 Å². The molecule has 25 heavy (non-hydrogen) atoms. The lowest BCUT2D eigenvalue weighted by atomic mass is 10.1. The second-order valence-electron chi connectivity index (χ2n) is 6.74. The quantitative estimate of drug-likeness (QED) is 0.637. The summed E-state index contributed by atoms with van der Waals surface area (Å²) in [6.45, 7) is 3.12. The normalized spacial score (nSPS) is 20.6. The Labute approximate surface area is 147 Å². The molecule has 1 aliphatic heterocycles. The molecule has 0 bridgehead atoms. The molecule has 1 heterocycles. The van der Waals surface area contributed by atoms with Crippen LogP contribution < -0.4 is 21.3 Å². The number of nitrogens with one attached hydrogen (secondary N) is 4. The summed E-state index contributed by atoms with van der Waals surface area (Å²) in [6, 6.07) is 7.36. The molecule has 2 aliphatic rings. The molecule has 1 aromatic carbocycles. The van der Waals surface area contributed by atoms with E-state index in [1.807, 2.05) is 31.2 Å². The van der Waals surface area contributed by atoms with Crippen molar-refractivity contribution in [2.45, 2.75) is 57.3 Å². The number of carbonyl (C=O) groups is 2. The van der Waals surface area contributed by atoms with Gasteiger partial charge in [0.25, 0.3) is 0 Å². The lowest BCUT2D eigenvalue weighted by Crippen LogP contribution is -2.45. The van der Waals surface area contributed by atoms with Crippen LogP contribution in [0.4, 0.5) is 15.3 Å². The van der Waals surface area contributed by atoms with E-state index in [-0.39, 0.29) is 24.2 Å². The summed E-state index contributed by atoms with van der Waals surface area (Å²) in [5.74, 6) is 0. The molecule has 3 rings (SSSR count). The highest BCUT2D eigenvalue weighted by Crippen LogP contribution is 2.19. The van der Waals surface area contributed by atoms with Gasteiger partial charge in [-0.05, 0) is 50.3 Å². The van der Waals surface area contributed by atoms with Gasteiger partial charge in [0.05, 0.1) is 12.1 Å². The highest BCUT2D eigenvalue weighted by atomic mass is 16.5. The van der Waals surface area contributed by atoms with Crippen LogP contribution in [-0.2, 0) is 11.3 Å². The van der Waals surface area contributed by atoms with Crippen molar-refractivity contribution in [1.29, 1.82) is 0 Å². The summed E-state index contributed by atoms with van der Waals surface area (Å²) < 4.78 is 5.57. The molecule has 2 fully saturated rings. The molecule has 1 aromatic rings. The molecule has 4 amide bonds. The maximum Gasteiger partial charge on any atom is 0.319 e. The number of carbonyl (C=O) groups excluding carboxylic acids is 2. The summed E-state index contributed by atoms with van der Waals surface area (Å²) in [5, 5.41) is 11.4. The molecule has 0 aromatic heterocycles. The van der Waals surface area contributed by atoms with Crippen molar-refractivity contribution in [3.8, 4) is 0 Å². The largest absolute Gasteiger partial charge is 0.376 e. The third-order valence-electron chi connectivity index (χ3n) is 4.43. The molecular formula is C18H26N4O3. The molecule has 7 nitrogen and oxygen atoms in total. The van der Waals surface area contributed by atoms with E-state index in [9.17, 15) is 9.59 Å². The van der Waals surface area contributed by atoms with Gasteiger partial charge in [-0.2, -0.15) is 0 Å². The average Bonchev–Trinajstić information content (AvgIpc) is 3.22. The van der Waals surface area contributed by atoms with Gasteiger partial charge in [0.15, 0.2) is 0 Å². The molecule has 1 saturated carbocycles. The molecule has 136 valence electrons. The summed E-state index contributed by atoms with van der Waals surface area (Å²) in [7, 11) is 0. The maximum absolute atomic E-state index is 12.0. The van der Waals surface area contributed by atoms with Crippen LogP contribution in [0.5, 0.6) is 0 Å². The average molecular weight is 346 g/mol. The monoisotopic (exact) mass is 346 g/mol. The third kappa shape index (κ3) is 5.63. The van der Waals surface area contributed by atoms with Crippen LogP contribution >= 0.6 is 0 Å². The van der Waals surface area contributed by atoms with Crippen molar-refractivity contribution in [2.24, 2.45) is 0 Å². The van der Waals surface area contributed by atoms with Crippen LogP contribution in [0, 0.1) is 0 Å². The number of amides is 4. The number of hydrogen-bond acceptors (Lipinski definition) is 3. The predicted molar refractivity (Wildman–Crippen MR) is 95.4 cm³/mol. The van der Waals surface area contributed by atoms with E-state index in [2.05, 4.69) is 21.3 Å². The third-order valence-corrected chi connectivity index (χ3v) is 4.43. The van der Waals surface area contributed by atoms with Crippen molar-refractivity contribution < 1.29 is 14.3 Å². The van der Waals surface area contributed by atoms with E-state index < -0.39 is 0 Å². The number of hydrogen-bond donors (Lipinski definition) is 4. The van der Waals surface area contributed by atoms with Crippen LogP contribution in [0.2, 0.25) is 0 Å². The lowest BCUT2D eigenvalue weighted by molar-refractivity contribution is 0.0860. The molecule has 4 N–H and O–H groups in total. The maximum atomic E-state index is 12.0. The van der Waals surface area contributed by atoms with E-state index in [1.54, 1.807) is 0 Å². The molecule has 1 saturated heterocycles. The summed E-state index contributed by atoms with van der Waals surface area (Å²) in [6.07, 6.45) is 4.24. The molecule has 2 atom stereocenters. The first-order valence-electron chi connectivity index (χ1n) is 8.92. The Morgan fingerprint density at radius 3 is 2.80 bits per heavy atom. The number of ether oxygens (including phenoxy) is 1. The van der Waals surface area contributed by atoms with Gasteiger partial charge in [0.1, 0.15) is 0 Å². The molecule has 1 aliphatic carbocycles. The Bertz CT molecular complexity index is 612. The van der Waals surface area contributed by atoms with Crippen LogP contribution in [0.3, 0.4) is 0 Å². The molecular weight excluding hydrogens is 320 g/mol. The number of anilines is 1. The highest BCUT2D eigenvalue weighted by Gasteiger charge is 2.24. The minimum Gasteiger partial charge on any atom is -0.376 e. The van der Waals surface area contributed by atoms with Gasteiger partial charge in [0, 0.05) is 24.9 Å². The topological polar surface area (TPSA) is 91.5 Å². The zero-order valence-corrected chi connectivity index (χ0v) is 14.5. The van der Waals surface area contributed by atoms with Crippen molar-refractivity contribution in [3.63, 3.8) is 0 Å². The molecule has 7 heteroatoms. The Morgan fingerprint density at radius 2 is 2.08 bits per heavy atom. The van der Waals surface area contributed by atoms with Crippen LogP contribution in [0.1, 0.15) is 38.2 Å². The zero-order chi connectivity index (χ0) is 17.6. The van der Waals surface area contributed by atoms with E-state index >= 15 is 0 Å². The Morgan fingerprint density at radius 1 is 1.24 bits per heavy atom. The van der Waals surface area contributed by atoms with Crippen molar-refractivity contribution in [2.75, 3.05) is 11.9 Å². The molecule has 0 spiro atoms. The first-order chi connectivity index (χ1) is 12.1. The van der Waals surface area contributed by atoms with Crippen LogP contribution in [0.15, 0.2) is 24.3 Å². The van der Waals surface area contributed by atoms with Crippen LogP contribution in [-0.4, -0.2) is 36.9 Å². The van der Waals surface area contributed by atoms with E-state index in [4.69, 9.17) is 4.74 Å².